The molecule has 0 radical (unpaired) electrons. The lowest BCUT2D eigenvalue weighted by atomic mass is 10.2. The van der Waals surface area contributed by atoms with E-state index < -0.39 is 0 Å². The molecular formula is C18H23Br2ClN2O. The number of benzene rings is 2. The van der Waals surface area contributed by atoms with Crippen LogP contribution in [-0.4, -0.2) is 38.2 Å². The summed E-state index contributed by atoms with van der Waals surface area (Å²) in [5.41, 5.74) is 2.59. The van der Waals surface area contributed by atoms with E-state index in [0.29, 0.717) is 0 Å². The van der Waals surface area contributed by atoms with E-state index in [2.05, 4.69) is 34.1 Å². The van der Waals surface area contributed by atoms with Gasteiger partial charge in [-0.25, -0.2) is 0 Å². The maximum absolute atomic E-state index is 5.93. The monoisotopic (exact) mass is 476 g/mol. The third-order valence-electron chi connectivity index (χ3n) is 4.13. The lowest BCUT2D eigenvalue weighted by molar-refractivity contribution is 0.250. The number of anilines is 1. The molecule has 1 heterocycles. The summed E-state index contributed by atoms with van der Waals surface area (Å²) >= 11 is 5.93. The number of rotatable bonds is 4. The molecule has 0 saturated carbocycles. The molecule has 2 aromatic carbocycles. The van der Waals surface area contributed by atoms with E-state index in [1.54, 1.807) is 7.11 Å². The Labute approximate surface area is 170 Å². The van der Waals surface area contributed by atoms with Crippen LogP contribution in [0.3, 0.4) is 0 Å². The second-order valence-corrected chi connectivity index (χ2v) is 6.02. The smallest absolute Gasteiger partial charge is 0.119 e. The van der Waals surface area contributed by atoms with E-state index >= 15 is 0 Å². The number of halogens is 3. The van der Waals surface area contributed by atoms with E-state index in [9.17, 15) is 0 Å². The second-order valence-electron chi connectivity index (χ2n) is 5.59. The summed E-state index contributed by atoms with van der Waals surface area (Å²) in [4.78, 5) is 4.92. The fourth-order valence-corrected chi connectivity index (χ4v) is 2.93. The van der Waals surface area contributed by atoms with Gasteiger partial charge >= 0.3 is 0 Å². The molecule has 1 aliphatic heterocycles. The number of nitrogens with zero attached hydrogens (tertiary/aromatic N) is 2. The van der Waals surface area contributed by atoms with Crippen LogP contribution in [0, 0.1) is 0 Å². The Hall–Kier alpha value is -0.750. The zero-order valence-electron chi connectivity index (χ0n) is 13.7. The van der Waals surface area contributed by atoms with Crippen LogP contribution in [0.15, 0.2) is 48.5 Å². The molecule has 0 atom stereocenters. The van der Waals surface area contributed by atoms with Gasteiger partial charge in [-0.05, 0) is 42.0 Å². The normalized spacial score (nSPS) is 14.5. The lowest BCUT2D eigenvalue weighted by Gasteiger charge is -2.36. The first-order valence-corrected chi connectivity index (χ1v) is 7.98. The molecule has 1 aliphatic rings. The van der Waals surface area contributed by atoms with Gasteiger partial charge in [0.2, 0.25) is 0 Å². The molecular weight excluding hydrogens is 455 g/mol. The van der Waals surface area contributed by atoms with E-state index in [4.69, 9.17) is 16.3 Å². The van der Waals surface area contributed by atoms with Crippen molar-refractivity contribution < 1.29 is 4.74 Å². The van der Waals surface area contributed by atoms with Crippen molar-refractivity contribution in [2.75, 3.05) is 38.2 Å². The highest BCUT2D eigenvalue weighted by atomic mass is 79.9. The molecule has 6 heteroatoms. The summed E-state index contributed by atoms with van der Waals surface area (Å²) in [5, 5.41) is 0.799. The molecule has 0 aliphatic carbocycles. The van der Waals surface area contributed by atoms with Gasteiger partial charge in [0.15, 0.2) is 0 Å². The van der Waals surface area contributed by atoms with Crippen molar-refractivity contribution in [1.82, 2.24) is 4.90 Å². The lowest BCUT2D eigenvalue weighted by Crippen LogP contribution is -2.45. The van der Waals surface area contributed by atoms with E-state index in [1.807, 2.05) is 24.3 Å². The van der Waals surface area contributed by atoms with Crippen LogP contribution in [0.2, 0.25) is 5.02 Å². The first-order valence-electron chi connectivity index (χ1n) is 7.60. The van der Waals surface area contributed by atoms with Crippen LogP contribution in [0.1, 0.15) is 5.56 Å². The molecule has 132 valence electrons. The zero-order chi connectivity index (χ0) is 15.4. The zero-order valence-corrected chi connectivity index (χ0v) is 17.8. The summed E-state index contributed by atoms with van der Waals surface area (Å²) in [6.07, 6.45) is 0. The minimum Gasteiger partial charge on any atom is -0.497 e. The van der Waals surface area contributed by atoms with Crippen LogP contribution in [0.5, 0.6) is 5.75 Å². The van der Waals surface area contributed by atoms with Gasteiger partial charge in [-0.3, -0.25) is 4.90 Å². The maximum atomic E-state index is 5.93. The largest absolute Gasteiger partial charge is 0.497 e. The minimum atomic E-state index is 0. The Morgan fingerprint density at radius 2 is 1.46 bits per heavy atom. The summed E-state index contributed by atoms with van der Waals surface area (Å²) in [7, 11) is 1.70. The van der Waals surface area contributed by atoms with Crippen molar-refractivity contribution >= 4 is 51.3 Å². The van der Waals surface area contributed by atoms with Gasteiger partial charge in [-0.2, -0.15) is 0 Å². The number of hydrogen-bond acceptors (Lipinski definition) is 3. The quantitative estimate of drug-likeness (QED) is 0.626. The average molecular weight is 479 g/mol. The van der Waals surface area contributed by atoms with Gasteiger partial charge in [0.25, 0.3) is 0 Å². The molecule has 0 bridgehead atoms. The molecule has 2 aromatic rings. The number of hydrogen-bond donors (Lipinski definition) is 0. The summed E-state index contributed by atoms with van der Waals surface area (Å²) in [5.74, 6) is 0.908. The van der Waals surface area contributed by atoms with Crippen LogP contribution in [-0.2, 0) is 6.54 Å². The van der Waals surface area contributed by atoms with E-state index in [-0.39, 0.29) is 34.0 Å². The van der Waals surface area contributed by atoms with Crippen molar-refractivity contribution in [3.8, 4) is 5.75 Å². The standard InChI is InChI=1S/C18H21ClN2O.2BrH/c1-22-18-8-6-17(7-9-18)21-12-10-20(11-13-21)14-15-2-4-16(19)5-3-15;;/h2-9H,10-14H2,1H3;2*1H. The van der Waals surface area contributed by atoms with Gasteiger partial charge in [0.05, 0.1) is 7.11 Å². The van der Waals surface area contributed by atoms with E-state index in [1.165, 1.54) is 11.3 Å². The number of piperazine rings is 1. The number of ether oxygens (including phenoxy) is 1. The molecule has 3 rings (SSSR count). The topological polar surface area (TPSA) is 15.7 Å². The SMILES string of the molecule is Br.Br.COc1ccc(N2CCN(Cc3ccc(Cl)cc3)CC2)cc1. The van der Waals surface area contributed by atoms with Crippen molar-refractivity contribution in [3.63, 3.8) is 0 Å². The molecule has 0 amide bonds. The summed E-state index contributed by atoms with van der Waals surface area (Å²) in [6.45, 7) is 5.26. The molecule has 3 nitrogen and oxygen atoms in total. The maximum Gasteiger partial charge on any atom is 0.119 e. The summed E-state index contributed by atoms with van der Waals surface area (Å²) < 4.78 is 5.21. The average Bonchev–Trinajstić information content (AvgIpc) is 2.58. The van der Waals surface area contributed by atoms with Crippen LogP contribution in [0.25, 0.3) is 0 Å². The molecule has 0 unspecified atom stereocenters. The van der Waals surface area contributed by atoms with Crippen LogP contribution >= 0.6 is 45.6 Å². The van der Waals surface area contributed by atoms with Crippen molar-refractivity contribution in [2.24, 2.45) is 0 Å². The second kappa shape index (κ2) is 10.3. The van der Waals surface area contributed by atoms with Crippen molar-refractivity contribution in [2.45, 2.75) is 6.54 Å². The van der Waals surface area contributed by atoms with E-state index in [0.717, 1.165) is 43.5 Å². The van der Waals surface area contributed by atoms with Crippen molar-refractivity contribution in [1.29, 1.82) is 0 Å². The van der Waals surface area contributed by atoms with Crippen molar-refractivity contribution in [3.05, 3.63) is 59.1 Å². The molecule has 0 aromatic heterocycles. The Bertz CT molecular complexity index is 599. The summed E-state index contributed by atoms with van der Waals surface area (Å²) in [6, 6.07) is 16.5. The first-order chi connectivity index (χ1) is 10.7. The Morgan fingerprint density at radius 3 is 2.00 bits per heavy atom. The molecule has 1 fully saturated rings. The Morgan fingerprint density at radius 1 is 0.875 bits per heavy atom. The van der Waals surface area contributed by atoms with Crippen LogP contribution < -0.4 is 9.64 Å². The third-order valence-corrected chi connectivity index (χ3v) is 4.38. The molecule has 0 spiro atoms. The highest BCUT2D eigenvalue weighted by Gasteiger charge is 2.17. The third kappa shape index (κ3) is 5.66. The highest BCUT2D eigenvalue weighted by molar-refractivity contribution is 8.93. The van der Waals surface area contributed by atoms with Gasteiger partial charge in [-0.15, -0.1) is 34.0 Å². The first kappa shape index (κ1) is 21.3. The van der Waals surface area contributed by atoms with Gasteiger partial charge < -0.3 is 9.64 Å². The fourth-order valence-electron chi connectivity index (χ4n) is 2.81. The Balaban J connectivity index is 0.00000144. The molecule has 24 heavy (non-hydrogen) atoms. The predicted octanol–water partition coefficient (Wildman–Crippen LogP) is 4.83. The predicted molar refractivity (Wildman–Crippen MR) is 113 cm³/mol. The van der Waals surface area contributed by atoms with Gasteiger partial charge in [0.1, 0.15) is 5.75 Å². The van der Waals surface area contributed by atoms with Crippen LogP contribution in [0.4, 0.5) is 5.69 Å². The molecule has 0 N–H and O–H groups in total. The number of methoxy groups -OCH3 is 1. The molecule has 1 saturated heterocycles. The van der Waals surface area contributed by atoms with Gasteiger partial charge in [-0.1, -0.05) is 23.7 Å². The minimum absolute atomic E-state index is 0. The Kier molecular flexibility index (Phi) is 9.13. The fraction of sp³-hybridized carbons (Fsp3) is 0.333. The van der Waals surface area contributed by atoms with Gasteiger partial charge in [0, 0.05) is 43.4 Å². The highest BCUT2D eigenvalue weighted by Crippen LogP contribution is 2.21.